The fraction of sp³-hybridized carbons (Fsp3) is 0.800. The van der Waals surface area contributed by atoms with Gasteiger partial charge in [-0.15, -0.1) is 12.8 Å². The second kappa shape index (κ2) is 11.4. The van der Waals surface area contributed by atoms with Crippen molar-refractivity contribution in [1.29, 1.82) is 0 Å². The highest BCUT2D eigenvalue weighted by Gasteiger charge is 1.90. The van der Waals surface area contributed by atoms with Crippen LogP contribution in [0.3, 0.4) is 0 Å². The Kier molecular flexibility index (Phi) is 13.9. The molecule has 0 unspecified atom stereocenters. The Labute approximate surface area is 66.0 Å². The molecule has 0 nitrogen and oxygen atoms in total. The Morgan fingerprint density at radius 1 is 1.10 bits per heavy atom. The molecular weight excluding hydrogens is 120 g/mol. The minimum absolute atomic E-state index is 0.904. The fourth-order valence-corrected chi connectivity index (χ4v) is 0.803. The molecule has 0 spiro atoms. The molecule has 0 aromatic rings. The standard InChI is InChI=1S/C8H18.C2H2/c1-4-5-6-7-8(2)3;1-2/h8H,4-7H2,1-3H3;1-2H. The van der Waals surface area contributed by atoms with Gasteiger partial charge in [-0.1, -0.05) is 46.5 Å². The quantitative estimate of drug-likeness (QED) is 0.414. The monoisotopic (exact) mass is 140 g/mol. The highest BCUT2D eigenvalue weighted by molar-refractivity contribution is 4.47. The van der Waals surface area contributed by atoms with Gasteiger partial charge in [0.05, 0.1) is 0 Å². The van der Waals surface area contributed by atoms with Crippen LogP contribution in [0.25, 0.3) is 0 Å². The average Bonchev–Trinajstić information content (AvgIpc) is 1.92. The first-order chi connectivity index (χ1) is 4.77. The average molecular weight is 140 g/mol. The van der Waals surface area contributed by atoms with Gasteiger partial charge >= 0.3 is 0 Å². The van der Waals surface area contributed by atoms with Gasteiger partial charge in [0.2, 0.25) is 0 Å². The van der Waals surface area contributed by atoms with Crippen LogP contribution in [0.4, 0.5) is 0 Å². The maximum Gasteiger partial charge on any atom is -0.0471 e. The molecule has 0 heterocycles. The van der Waals surface area contributed by atoms with E-state index in [0.29, 0.717) is 0 Å². The number of hydrogen-bond acceptors (Lipinski definition) is 0. The van der Waals surface area contributed by atoms with E-state index in [1.807, 2.05) is 0 Å². The second-order valence-corrected chi connectivity index (χ2v) is 2.89. The van der Waals surface area contributed by atoms with Crippen molar-refractivity contribution >= 4 is 0 Å². The summed E-state index contributed by atoms with van der Waals surface area (Å²) in [5.41, 5.74) is 0. The molecule has 0 aliphatic heterocycles. The Hall–Kier alpha value is -0.440. The SMILES string of the molecule is C#C.CCCCCC(C)C. The van der Waals surface area contributed by atoms with Crippen molar-refractivity contribution in [1.82, 2.24) is 0 Å². The summed E-state index contributed by atoms with van der Waals surface area (Å²) >= 11 is 0. The first-order valence-corrected chi connectivity index (χ1v) is 4.10. The highest BCUT2D eigenvalue weighted by Crippen LogP contribution is 2.06. The largest absolute Gasteiger partial charge is 0.124 e. The van der Waals surface area contributed by atoms with Gasteiger partial charge in [0.15, 0.2) is 0 Å². The van der Waals surface area contributed by atoms with Crippen LogP contribution < -0.4 is 0 Å². The predicted octanol–water partition coefficient (Wildman–Crippen LogP) is 3.47. The lowest BCUT2D eigenvalue weighted by molar-refractivity contribution is 0.534. The van der Waals surface area contributed by atoms with Gasteiger partial charge in [0.25, 0.3) is 0 Å². The molecule has 60 valence electrons. The zero-order chi connectivity index (χ0) is 8.41. The topological polar surface area (TPSA) is 0 Å². The third kappa shape index (κ3) is 15.6. The third-order valence-electron chi connectivity index (χ3n) is 1.39. The third-order valence-corrected chi connectivity index (χ3v) is 1.39. The van der Waals surface area contributed by atoms with E-state index >= 15 is 0 Å². The van der Waals surface area contributed by atoms with Gasteiger partial charge in [-0.3, -0.25) is 0 Å². The molecule has 0 saturated heterocycles. The van der Waals surface area contributed by atoms with E-state index in [1.165, 1.54) is 25.7 Å². The summed E-state index contributed by atoms with van der Waals surface area (Å²) in [7, 11) is 0. The van der Waals surface area contributed by atoms with Crippen molar-refractivity contribution in [3.8, 4) is 12.8 Å². The van der Waals surface area contributed by atoms with Crippen molar-refractivity contribution < 1.29 is 0 Å². The summed E-state index contributed by atoms with van der Waals surface area (Å²) in [5.74, 6) is 0.904. The molecule has 0 fully saturated rings. The Morgan fingerprint density at radius 2 is 1.60 bits per heavy atom. The molecule has 0 N–H and O–H groups in total. The molecular formula is C10H20. The molecule has 10 heavy (non-hydrogen) atoms. The summed E-state index contributed by atoms with van der Waals surface area (Å²) in [6, 6.07) is 0. The maximum absolute atomic E-state index is 4.00. The van der Waals surface area contributed by atoms with Crippen molar-refractivity contribution in [2.45, 2.75) is 46.5 Å². The van der Waals surface area contributed by atoms with E-state index in [-0.39, 0.29) is 0 Å². The number of hydrogen-bond donors (Lipinski definition) is 0. The normalized spacial score (nSPS) is 8.60. The van der Waals surface area contributed by atoms with E-state index in [2.05, 4.69) is 33.6 Å². The first-order valence-electron chi connectivity index (χ1n) is 4.10. The smallest absolute Gasteiger partial charge is 0.0471 e. The maximum atomic E-state index is 4.00. The summed E-state index contributed by atoms with van der Waals surface area (Å²) < 4.78 is 0. The summed E-state index contributed by atoms with van der Waals surface area (Å²) in [6.07, 6.45) is 13.6. The van der Waals surface area contributed by atoms with Gasteiger partial charge in [0, 0.05) is 0 Å². The summed E-state index contributed by atoms with van der Waals surface area (Å²) in [5, 5.41) is 0. The van der Waals surface area contributed by atoms with Crippen molar-refractivity contribution in [2.75, 3.05) is 0 Å². The lowest BCUT2D eigenvalue weighted by atomic mass is 10.1. The second-order valence-electron chi connectivity index (χ2n) is 2.89. The van der Waals surface area contributed by atoms with E-state index in [4.69, 9.17) is 0 Å². The molecule has 0 aliphatic carbocycles. The lowest BCUT2D eigenvalue weighted by Gasteiger charge is -2.00. The molecule has 0 rings (SSSR count). The molecule has 0 aliphatic rings. The van der Waals surface area contributed by atoms with Gasteiger partial charge in [-0.05, 0) is 5.92 Å². The van der Waals surface area contributed by atoms with Crippen molar-refractivity contribution in [2.24, 2.45) is 5.92 Å². The molecule has 0 amide bonds. The van der Waals surface area contributed by atoms with Crippen LogP contribution in [0, 0.1) is 18.8 Å². The van der Waals surface area contributed by atoms with Gasteiger partial charge in [-0.25, -0.2) is 0 Å². The Morgan fingerprint density at radius 3 is 1.90 bits per heavy atom. The van der Waals surface area contributed by atoms with Gasteiger partial charge in [0.1, 0.15) is 0 Å². The number of unbranched alkanes of at least 4 members (excludes halogenated alkanes) is 2. The highest BCUT2D eigenvalue weighted by atomic mass is 14.0. The molecule has 0 atom stereocenters. The van der Waals surface area contributed by atoms with Crippen LogP contribution in [0.5, 0.6) is 0 Å². The molecule has 0 aromatic heterocycles. The minimum atomic E-state index is 0.904. The molecule has 0 heteroatoms. The van der Waals surface area contributed by atoms with E-state index in [9.17, 15) is 0 Å². The van der Waals surface area contributed by atoms with E-state index < -0.39 is 0 Å². The zero-order valence-electron chi connectivity index (χ0n) is 7.56. The molecule has 0 radical (unpaired) electrons. The fourth-order valence-electron chi connectivity index (χ4n) is 0.803. The van der Waals surface area contributed by atoms with Crippen LogP contribution in [0.2, 0.25) is 0 Å². The van der Waals surface area contributed by atoms with Crippen LogP contribution in [-0.2, 0) is 0 Å². The van der Waals surface area contributed by atoms with Crippen LogP contribution in [-0.4, -0.2) is 0 Å². The van der Waals surface area contributed by atoms with Gasteiger partial charge in [-0.2, -0.15) is 0 Å². The summed E-state index contributed by atoms with van der Waals surface area (Å²) in [4.78, 5) is 0. The number of rotatable bonds is 4. The zero-order valence-corrected chi connectivity index (χ0v) is 7.56. The van der Waals surface area contributed by atoms with Crippen molar-refractivity contribution in [3.05, 3.63) is 0 Å². The predicted molar refractivity (Wildman–Crippen MR) is 48.9 cm³/mol. The Balaban J connectivity index is 0. The van der Waals surface area contributed by atoms with Crippen LogP contribution >= 0.6 is 0 Å². The van der Waals surface area contributed by atoms with Crippen LogP contribution in [0.15, 0.2) is 0 Å². The van der Waals surface area contributed by atoms with E-state index in [0.717, 1.165) is 5.92 Å². The lowest BCUT2D eigenvalue weighted by Crippen LogP contribution is -1.85. The van der Waals surface area contributed by atoms with E-state index in [1.54, 1.807) is 0 Å². The minimum Gasteiger partial charge on any atom is -0.124 e. The Bertz CT molecular complexity index is 59.7. The number of terminal acetylenes is 1. The van der Waals surface area contributed by atoms with Crippen LogP contribution in [0.1, 0.15) is 46.5 Å². The molecule has 0 aromatic carbocycles. The van der Waals surface area contributed by atoms with Gasteiger partial charge < -0.3 is 0 Å². The molecule has 0 bridgehead atoms. The first kappa shape index (κ1) is 12.3. The molecule has 0 saturated carbocycles. The summed E-state index contributed by atoms with van der Waals surface area (Å²) in [6.45, 7) is 6.83. The van der Waals surface area contributed by atoms with Crippen molar-refractivity contribution in [3.63, 3.8) is 0 Å².